The average molecular weight is 433 g/mol. The number of hydrogen-bond donors (Lipinski definition) is 2. The van der Waals surface area contributed by atoms with Crippen molar-refractivity contribution in [2.75, 3.05) is 5.73 Å². The van der Waals surface area contributed by atoms with E-state index in [0.717, 1.165) is 10.9 Å². The van der Waals surface area contributed by atoms with Gasteiger partial charge in [0.1, 0.15) is 12.4 Å². The SMILES string of the molecule is CC[C@@]1(O)C(=O)OCc2c1cc1n(c2=O)C(CCC(C)=O)c2cc3cc(N)ccc3nc2-1. The van der Waals surface area contributed by atoms with Crippen LogP contribution in [0.4, 0.5) is 5.69 Å². The molecule has 164 valence electrons. The zero-order valence-corrected chi connectivity index (χ0v) is 17.8. The number of rotatable bonds is 4. The van der Waals surface area contributed by atoms with Crippen molar-refractivity contribution < 1.29 is 19.4 Å². The van der Waals surface area contributed by atoms with Gasteiger partial charge in [-0.3, -0.25) is 9.36 Å². The molecule has 8 nitrogen and oxygen atoms in total. The Morgan fingerprint density at radius 2 is 2.09 bits per heavy atom. The molecule has 0 bridgehead atoms. The molecule has 1 unspecified atom stereocenters. The maximum Gasteiger partial charge on any atom is 0.343 e. The minimum atomic E-state index is -1.88. The number of ether oxygens (including phenoxy) is 1. The van der Waals surface area contributed by atoms with Crippen LogP contribution < -0.4 is 11.3 Å². The van der Waals surface area contributed by atoms with E-state index in [1.54, 1.807) is 23.6 Å². The van der Waals surface area contributed by atoms with Crippen molar-refractivity contribution >= 4 is 28.3 Å². The van der Waals surface area contributed by atoms with E-state index in [1.165, 1.54) is 6.92 Å². The van der Waals surface area contributed by atoms with E-state index in [-0.39, 0.29) is 35.5 Å². The van der Waals surface area contributed by atoms with E-state index in [2.05, 4.69) is 0 Å². The number of nitrogens with two attached hydrogens (primary N) is 1. The summed E-state index contributed by atoms with van der Waals surface area (Å²) in [4.78, 5) is 42.5. The topological polar surface area (TPSA) is 125 Å². The lowest BCUT2D eigenvalue weighted by atomic mass is 9.86. The van der Waals surface area contributed by atoms with Crippen LogP contribution in [-0.2, 0) is 26.5 Å². The molecule has 32 heavy (non-hydrogen) atoms. The summed E-state index contributed by atoms with van der Waals surface area (Å²) in [5.74, 6) is -0.733. The number of aliphatic hydroxyl groups is 1. The van der Waals surface area contributed by atoms with E-state index in [4.69, 9.17) is 15.5 Å². The molecule has 3 N–H and O–H groups in total. The third-order valence-electron chi connectivity index (χ3n) is 6.54. The number of aromatic nitrogens is 2. The highest BCUT2D eigenvalue weighted by molar-refractivity contribution is 5.88. The Morgan fingerprint density at radius 1 is 1.31 bits per heavy atom. The predicted octanol–water partition coefficient (Wildman–Crippen LogP) is 2.57. The summed E-state index contributed by atoms with van der Waals surface area (Å²) in [7, 11) is 0. The Labute approximate surface area is 183 Å². The molecule has 0 saturated carbocycles. The molecule has 1 aromatic carbocycles. The van der Waals surface area contributed by atoms with Gasteiger partial charge in [0.25, 0.3) is 5.56 Å². The lowest BCUT2D eigenvalue weighted by Gasteiger charge is -2.32. The molecule has 0 spiro atoms. The van der Waals surface area contributed by atoms with Gasteiger partial charge in [0, 0.05) is 28.6 Å². The first-order chi connectivity index (χ1) is 15.2. The first-order valence-corrected chi connectivity index (χ1v) is 10.6. The number of benzene rings is 1. The number of esters is 1. The van der Waals surface area contributed by atoms with Crippen LogP contribution in [0.15, 0.2) is 35.1 Å². The van der Waals surface area contributed by atoms with Gasteiger partial charge in [0.2, 0.25) is 0 Å². The standard InChI is InChI=1S/C24H23N3O5/c1-3-24(31)17-10-20-21-15(9-13-8-14(25)5-6-18(13)26-21)19(7-4-12(2)28)27(20)22(29)16(17)11-32-23(24)30/h5-6,8-10,19,31H,3-4,7,11,25H2,1-2H3/t19?,24-/m0/s1. The smallest absolute Gasteiger partial charge is 0.343 e. The number of nitrogen functional groups attached to an aromatic ring is 1. The molecule has 2 atom stereocenters. The van der Waals surface area contributed by atoms with Gasteiger partial charge < -0.3 is 20.4 Å². The van der Waals surface area contributed by atoms with Crippen molar-refractivity contribution in [1.82, 2.24) is 9.55 Å². The average Bonchev–Trinajstić information content (AvgIpc) is 3.06. The first kappa shape index (κ1) is 20.4. The van der Waals surface area contributed by atoms with E-state index in [9.17, 15) is 19.5 Å². The second kappa shape index (κ2) is 7.00. The number of pyridine rings is 2. The van der Waals surface area contributed by atoms with Gasteiger partial charge >= 0.3 is 5.97 Å². The fourth-order valence-corrected chi connectivity index (χ4v) is 4.80. The minimum Gasteiger partial charge on any atom is -0.458 e. The molecular formula is C24H23N3O5. The zero-order valence-electron chi connectivity index (χ0n) is 17.8. The predicted molar refractivity (Wildman–Crippen MR) is 118 cm³/mol. The van der Waals surface area contributed by atoms with Crippen LogP contribution in [0.25, 0.3) is 22.3 Å². The highest BCUT2D eigenvalue weighted by Crippen LogP contribution is 2.44. The molecule has 8 heteroatoms. The van der Waals surface area contributed by atoms with Crippen LogP contribution in [0.5, 0.6) is 0 Å². The van der Waals surface area contributed by atoms with Crippen LogP contribution in [0.1, 0.15) is 55.8 Å². The Hall–Kier alpha value is -3.52. The number of cyclic esters (lactones) is 1. The Balaban J connectivity index is 1.81. The van der Waals surface area contributed by atoms with Crippen molar-refractivity contribution in [2.45, 2.75) is 51.4 Å². The second-order valence-electron chi connectivity index (χ2n) is 8.52. The maximum atomic E-state index is 13.6. The molecule has 0 aliphatic carbocycles. The largest absolute Gasteiger partial charge is 0.458 e. The number of Topliss-reactive ketones (excluding diaryl/α,β-unsaturated/α-hetero) is 1. The Kier molecular flexibility index (Phi) is 4.46. The van der Waals surface area contributed by atoms with Crippen molar-refractivity contribution in [3.05, 3.63) is 57.4 Å². The second-order valence-corrected chi connectivity index (χ2v) is 8.52. The van der Waals surface area contributed by atoms with E-state index < -0.39 is 17.6 Å². The number of fused-ring (bicyclic) bond motifs is 5. The quantitative estimate of drug-likeness (QED) is 0.479. The highest BCUT2D eigenvalue weighted by atomic mass is 16.6. The van der Waals surface area contributed by atoms with Gasteiger partial charge in [0.05, 0.1) is 28.5 Å². The molecule has 2 aliphatic rings. The summed E-state index contributed by atoms with van der Waals surface area (Å²) in [6.45, 7) is 2.99. The molecule has 0 amide bonds. The van der Waals surface area contributed by atoms with E-state index in [0.29, 0.717) is 35.4 Å². The lowest BCUT2D eigenvalue weighted by Crippen LogP contribution is -2.44. The number of hydrogen-bond acceptors (Lipinski definition) is 7. The third kappa shape index (κ3) is 2.79. The van der Waals surface area contributed by atoms with Crippen LogP contribution >= 0.6 is 0 Å². The van der Waals surface area contributed by atoms with Crippen molar-refractivity contribution in [2.24, 2.45) is 0 Å². The van der Waals surface area contributed by atoms with E-state index >= 15 is 0 Å². The molecular weight excluding hydrogens is 410 g/mol. The molecule has 2 aromatic heterocycles. The highest BCUT2D eigenvalue weighted by Gasteiger charge is 2.46. The monoisotopic (exact) mass is 433 g/mol. The van der Waals surface area contributed by atoms with Crippen LogP contribution in [0.2, 0.25) is 0 Å². The molecule has 0 saturated heterocycles. The maximum absolute atomic E-state index is 13.6. The summed E-state index contributed by atoms with van der Waals surface area (Å²) >= 11 is 0. The molecule has 3 aromatic rings. The number of carbonyl (C=O) groups excluding carboxylic acids is 2. The summed E-state index contributed by atoms with van der Waals surface area (Å²) in [5, 5.41) is 11.9. The fourth-order valence-electron chi connectivity index (χ4n) is 4.80. The van der Waals surface area contributed by atoms with Gasteiger partial charge in [-0.1, -0.05) is 6.92 Å². The molecule has 5 rings (SSSR count). The Bertz CT molecular complexity index is 1380. The summed E-state index contributed by atoms with van der Waals surface area (Å²) < 4.78 is 6.77. The van der Waals surface area contributed by atoms with Gasteiger partial charge in [-0.2, -0.15) is 0 Å². The van der Waals surface area contributed by atoms with Gasteiger partial charge in [-0.25, -0.2) is 9.78 Å². The lowest BCUT2D eigenvalue weighted by molar-refractivity contribution is -0.172. The molecule has 2 aliphatic heterocycles. The molecule has 4 heterocycles. The third-order valence-corrected chi connectivity index (χ3v) is 6.54. The zero-order chi connectivity index (χ0) is 22.8. The Morgan fingerprint density at radius 3 is 2.81 bits per heavy atom. The van der Waals surface area contributed by atoms with Gasteiger partial charge in [-0.05, 0) is 50.1 Å². The van der Waals surface area contributed by atoms with Crippen LogP contribution in [-0.4, -0.2) is 26.4 Å². The molecule has 0 fully saturated rings. The van der Waals surface area contributed by atoms with Gasteiger partial charge in [0.15, 0.2) is 5.60 Å². The number of nitrogens with zero attached hydrogens (tertiary/aromatic N) is 2. The molecule has 0 radical (unpaired) electrons. The summed E-state index contributed by atoms with van der Waals surface area (Å²) in [6, 6.07) is 8.64. The van der Waals surface area contributed by atoms with Crippen LogP contribution in [0.3, 0.4) is 0 Å². The summed E-state index contributed by atoms with van der Waals surface area (Å²) in [5.41, 5.74) is 7.51. The fraction of sp³-hybridized carbons (Fsp3) is 0.333. The van der Waals surface area contributed by atoms with Crippen LogP contribution in [0, 0.1) is 0 Å². The minimum absolute atomic E-state index is 0.0262. The first-order valence-electron chi connectivity index (χ1n) is 10.6. The van der Waals surface area contributed by atoms with Crippen molar-refractivity contribution in [3.8, 4) is 11.4 Å². The number of anilines is 1. The van der Waals surface area contributed by atoms with Gasteiger partial charge in [-0.15, -0.1) is 0 Å². The van der Waals surface area contributed by atoms with Crippen molar-refractivity contribution in [1.29, 1.82) is 0 Å². The van der Waals surface area contributed by atoms with Crippen molar-refractivity contribution in [3.63, 3.8) is 0 Å². The normalized spacial score (nSPS) is 21.1. The number of ketones is 1. The number of carbonyl (C=O) groups is 2. The van der Waals surface area contributed by atoms with E-state index in [1.807, 2.05) is 18.2 Å². The summed E-state index contributed by atoms with van der Waals surface area (Å²) in [6.07, 6.45) is 0.810.